The lowest BCUT2D eigenvalue weighted by atomic mass is 10.0. The molecule has 1 atom stereocenters. The summed E-state index contributed by atoms with van der Waals surface area (Å²) in [6.07, 6.45) is 8.34. The van der Waals surface area contributed by atoms with Gasteiger partial charge in [-0.3, -0.25) is 0 Å². The van der Waals surface area contributed by atoms with E-state index in [1.807, 2.05) is 19.4 Å². The van der Waals surface area contributed by atoms with E-state index in [9.17, 15) is 0 Å². The zero-order chi connectivity index (χ0) is 13.5. The van der Waals surface area contributed by atoms with Crippen LogP contribution in [0.15, 0.2) is 42.7 Å². The first-order valence-electron chi connectivity index (χ1n) is 6.97. The molecule has 1 heterocycles. The molecule has 1 unspecified atom stereocenters. The third-order valence-electron chi connectivity index (χ3n) is 3.67. The van der Waals surface area contributed by atoms with Gasteiger partial charge >= 0.3 is 0 Å². The van der Waals surface area contributed by atoms with Crippen molar-refractivity contribution < 1.29 is 0 Å². The Morgan fingerprint density at radius 3 is 2.53 bits per heavy atom. The molecule has 102 valence electrons. The van der Waals surface area contributed by atoms with E-state index in [1.165, 1.54) is 17.8 Å². The predicted octanol–water partition coefficient (Wildman–Crippen LogP) is 2.57. The highest BCUT2D eigenvalue weighted by molar-refractivity contribution is 5.14. The SMILES string of the molecule is CNC(CCc1ccccc1)CCc1nccn1C. The van der Waals surface area contributed by atoms with Crippen LogP contribution in [-0.2, 0) is 19.9 Å². The second-order valence-electron chi connectivity index (χ2n) is 5.00. The van der Waals surface area contributed by atoms with Crippen LogP contribution in [0.3, 0.4) is 0 Å². The van der Waals surface area contributed by atoms with Crippen LogP contribution in [0.5, 0.6) is 0 Å². The Bertz CT molecular complexity index is 476. The van der Waals surface area contributed by atoms with Crippen molar-refractivity contribution in [2.75, 3.05) is 7.05 Å². The van der Waals surface area contributed by atoms with Gasteiger partial charge in [0, 0.05) is 31.9 Å². The molecule has 0 aliphatic rings. The highest BCUT2D eigenvalue weighted by Crippen LogP contribution is 2.09. The van der Waals surface area contributed by atoms with E-state index in [0.717, 1.165) is 19.3 Å². The molecule has 0 aliphatic heterocycles. The second-order valence-corrected chi connectivity index (χ2v) is 5.00. The fourth-order valence-electron chi connectivity index (χ4n) is 2.36. The highest BCUT2D eigenvalue weighted by Gasteiger charge is 2.08. The Labute approximate surface area is 115 Å². The lowest BCUT2D eigenvalue weighted by Crippen LogP contribution is -2.26. The number of nitrogens with one attached hydrogen (secondary N) is 1. The summed E-state index contributed by atoms with van der Waals surface area (Å²) < 4.78 is 2.10. The van der Waals surface area contributed by atoms with E-state index >= 15 is 0 Å². The molecule has 0 saturated heterocycles. The van der Waals surface area contributed by atoms with Crippen molar-refractivity contribution in [1.29, 1.82) is 0 Å². The molecule has 1 aromatic heterocycles. The van der Waals surface area contributed by atoms with Crippen LogP contribution in [0.1, 0.15) is 24.2 Å². The standard InChI is InChI=1S/C16H23N3/c1-17-15(9-8-14-6-4-3-5-7-14)10-11-16-18-12-13-19(16)2/h3-7,12-13,15,17H,8-11H2,1-2H3. The molecule has 2 rings (SSSR count). The van der Waals surface area contributed by atoms with Crippen molar-refractivity contribution >= 4 is 0 Å². The maximum absolute atomic E-state index is 4.38. The normalized spacial score (nSPS) is 12.5. The van der Waals surface area contributed by atoms with Gasteiger partial charge in [-0.05, 0) is 31.9 Å². The summed E-state index contributed by atoms with van der Waals surface area (Å²) in [5, 5.41) is 3.42. The van der Waals surface area contributed by atoms with Crippen molar-refractivity contribution in [2.24, 2.45) is 7.05 Å². The lowest BCUT2D eigenvalue weighted by Gasteiger charge is -2.16. The zero-order valence-corrected chi connectivity index (χ0v) is 11.8. The molecule has 0 amide bonds. The second kappa shape index (κ2) is 7.10. The monoisotopic (exact) mass is 257 g/mol. The first kappa shape index (κ1) is 13.8. The number of hydrogen-bond acceptors (Lipinski definition) is 2. The van der Waals surface area contributed by atoms with Crippen molar-refractivity contribution in [3.8, 4) is 0 Å². The molecule has 0 aliphatic carbocycles. The van der Waals surface area contributed by atoms with Crippen LogP contribution in [0.4, 0.5) is 0 Å². The van der Waals surface area contributed by atoms with Gasteiger partial charge in [-0.2, -0.15) is 0 Å². The smallest absolute Gasteiger partial charge is 0.108 e. The summed E-state index contributed by atoms with van der Waals surface area (Å²) in [5.74, 6) is 1.17. The zero-order valence-electron chi connectivity index (χ0n) is 11.8. The van der Waals surface area contributed by atoms with Crippen LogP contribution < -0.4 is 5.32 Å². The summed E-state index contributed by atoms with van der Waals surface area (Å²) in [7, 11) is 4.11. The van der Waals surface area contributed by atoms with Crippen LogP contribution in [0.25, 0.3) is 0 Å². The first-order valence-corrected chi connectivity index (χ1v) is 6.97. The molecule has 0 radical (unpaired) electrons. The number of aromatic nitrogens is 2. The molecule has 1 aromatic carbocycles. The lowest BCUT2D eigenvalue weighted by molar-refractivity contribution is 0.481. The van der Waals surface area contributed by atoms with E-state index in [2.05, 4.69) is 52.2 Å². The van der Waals surface area contributed by atoms with Gasteiger partial charge in [-0.15, -0.1) is 0 Å². The minimum absolute atomic E-state index is 0.553. The molecule has 0 bridgehead atoms. The topological polar surface area (TPSA) is 29.9 Å². The number of hydrogen-bond donors (Lipinski definition) is 1. The molecule has 1 N–H and O–H groups in total. The van der Waals surface area contributed by atoms with Crippen LogP contribution in [0.2, 0.25) is 0 Å². The van der Waals surface area contributed by atoms with Gasteiger partial charge in [-0.25, -0.2) is 4.98 Å². The van der Waals surface area contributed by atoms with Gasteiger partial charge in [0.15, 0.2) is 0 Å². The van der Waals surface area contributed by atoms with Gasteiger partial charge < -0.3 is 9.88 Å². The number of rotatable bonds is 7. The first-order chi connectivity index (χ1) is 9.29. The van der Waals surface area contributed by atoms with Crippen molar-refractivity contribution in [1.82, 2.24) is 14.9 Å². The van der Waals surface area contributed by atoms with Gasteiger partial charge in [0.1, 0.15) is 5.82 Å². The van der Waals surface area contributed by atoms with Gasteiger partial charge in [0.05, 0.1) is 0 Å². The van der Waals surface area contributed by atoms with Crippen LogP contribution >= 0.6 is 0 Å². The van der Waals surface area contributed by atoms with Crippen molar-refractivity contribution in [3.63, 3.8) is 0 Å². The number of benzene rings is 1. The molecule has 3 nitrogen and oxygen atoms in total. The number of nitrogens with zero attached hydrogens (tertiary/aromatic N) is 2. The van der Waals surface area contributed by atoms with Gasteiger partial charge in [0.25, 0.3) is 0 Å². The summed E-state index contributed by atoms with van der Waals surface area (Å²) >= 11 is 0. The average molecular weight is 257 g/mol. The Morgan fingerprint density at radius 1 is 1.16 bits per heavy atom. The van der Waals surface area contributed by atoms with E-state index in [1.54, 1.807) is 0 Å². The Morgan fingerprint density at radius 2 is 1.89 bits per heavy atom. The van der Waals surface area contributed by atoms with Crippen molar-refractivity contribution in [2.45, 2.75) is 31.7 Å². The minimum atomic E-state index is 0.553. The fourth-order valence-corrected chi connectivity index (χ4v) is 2.36. The fraction of sp³-hybridized carbons (Fsp3) is 0.438. The highest BCUT2D eigenvalue weighted by atomic mass is 15.0. The van der Waals surface area contributed by atoms with Gasteiger partial charge in [0.2, 0.25) is 0 Å². The third kappa shape index (κ3) is 4.21. The van der Waals surface area contributed by atoms with E-state index in [-0.39, 0.29) is 0 Å². The molecule has 0 spiro atoms. The minimum Gasteiger partial charge on any atom is -0.338 e. The molecule has 19 heavy (non-hydrogen) atoms. The maximum atomic E-state index is 4.38. The summed E-state index contributed by atoms with van der Waals surface area (Å²) in [5.41, 5.74) is 1.42. The molecular weight excluding hydrogens is 234 g/mol. The summed E-state index contributed by atoms with van der Waals surface area (Å²) in [6.45, 7) is 0. The Balaban J connectivity index is 1.79. The van der Waals surface area contributed by atoms with Crippen LogP contribution in [0, 0.1) is 0 Å². The average Bonchev–Trinajstić information content (AvgIpc) is 2.86. The molecule has 3 heteroatoms. The number of aryl methyl sites for hydroxylation is 3. The maximum Gasteiger partial charge on any atom is 0.108 e. The Kier molecular flexibility index (Phi) is 5.16. The molecular formula is C16H23N3. The summed E-state index contributed by atoms with van der Waals surface area (Å²) in [4.78, 5) is 4.38. The Hall–Kier alpha value is -1.61. The largest absolute Gasteiger partial charge is 0.338 e. The van der Waals surface area contributed by atoms with Crippen LogP contribution in [-0.4, -0.2) is 22.6 Å². The van der Waals surface area contributed by atoms with Gasteiger partial charge in [-0.1, -0.05) is 30.3 Å². The van der Waals surface area contributed by atoms with E-state index in [0.29, 0.717) is 6.04 Å². The van der Waals surface area contributed by atoms with E-state index < -0.39 is 0 Å². The predicted molar refractivity (Wildman–Crippen MR) is 79.1 cm³/mol. The molecule has 0 saturated carbocycles. The summed E-state index contributed by atoms with van der Waals surface area (Å²) in [6, 6.07) is 11.2. The molecule has 0 fully saturated rings. The molecule has 2 aromatic rings. The number of imidazole rings is 1. The van der Waals surface area contributed by atoms with E-state index in [4.69, 9.17) is 0 Å². The quantitative estimate of drug-likeness (QED) is 0.826. The van der Waals surface area contributed by atoms with Crippen molar-refractivity contribution in [3.05, 3.63) is 54.1 Å². The third-order valence-corrected chi connectivity index (χ3v) is 3.67.